The smallest absolute Gasteiger partial charge is 0.166 e. The third kappa shape index (κ3) is 2.46. The quantitative estimate of drug-likeness (QED) is 0.665. The SMILES string of the molecule is Cc1cc(C(F)(F)F)ccc1CBr. The van der Waals surface area contributed by atoms with Crippen molar-refractivity contribution in [3.05, 3.63) is 34.9 Å². The van der Waals surface area contributed by atoms with Gasteiger partial charge in [-0.2, -0.15) is 13.2 Å². The van der Waals surface area contributed by atoms with E-state index in [1.807, 2.05) is 0 Å². The number of hydrogen-bond donors (Lipinski definition) is 0. The fourth-order valence-corrected chi connectivity index (χ4v) is 1.65. The molecule has 0 amide bonds. The molecule has 0 radical (unpaired) electrons. The minimum Gasteiger partial charge on any atom is -0.166 e. The Balaban J connectivity index is 3.10. The Morgan fingerprint density at radius 1 is 1.31 bits per heavy atom. The first-order valence-corrected chi connectivity index (χ1v) is 4.80. The summed E-state index contributed by atoms with van der Waals surface area (Å²) < 4.78 is 36.6. The van der Waals surface area contributed by atoms with Crippen molar-refractivity contribution in [2.24, 2.45) is 0 Å². The van der Waals surface area contributed by atoms with Crippen molar-refractivity contribution in [2.45, 2.75) is 18.4 Å². The van der Waals surface area contributed by atoms with Crippen molar-refractivity contribution < 1.29 is 13.2 Å². The minimum absolute atomic E-state index is 0.580. The molecule has 1 rings (SSSR count). The molecular formula is C9H8BrF3. The highest BCUT2D eigenvalue weighted by molar-refractivity contribution is 9.08. The maximum atomic E-state index is 12.2. The third-order valence-corrected chi connectivity index (χ3v) is 2.42. The standard InChI is InChI=1S/C9H8BrF3/c1-6-4-8(9(11,12)13)3-2-7(6)5-10/h2-4H,5H2,1H3. The Morgan fingerprint density at radius 2 is 1.92 bits per heavy atom. The van der Waals surface area contributed by atoms with Crippen LogP contribution in [0.25, 0.3) is 0 Å². The second kappa shape index (κ2) is 3.70. The zero-order chi connectivity index (χ0) is 10.1. The molecule has 4 heteroatoms. The molecule has 1 aromatic rings. The van der Waals surface area contributed by atoms with Gasteiger partial charge in [-0.1, -0.05) is 22.0 Å². The summed E-state index contributed by atoms with van der Waals surface area (Å²) in [7, 11) is 0. The summed E-state index contributed by atoms with van der Waals surface area (Å²) in [5, 5.41) is 0.580. The number of benzene rings is 1. The molecule has 0 aromatic heterocycles. The molecule has 0 aliphatic rings. The molecule has 72 valence electrons. The van der Waals surface area contributed by atoms with Crippen molar-refractivity contribution >= 4 is 15.9 Å². The summed E-state index contributed by atoms with van der Waals surface area (Å²) >= 11 is 3.20. The number of hydrogen-bond acceptors (Lipinski definition) is 0. The molecule has 0 spiro atoms. The number of alkyl halides is 4. The van der Waals surface area contributed by atoms with Gasteiger partial charge < -0.3 is 0 Å². The Labute approximate surface area is 82.9 Å². The van der Waals surface area contributed by atoms with E-state index >= 15 is 0 Å². The molecular weight excluding hydrogens is 245 g/mol. The normalized spacial score (nSPS) is 11.8. The Kier molecular flexibility index (Phi) is 3.01. The topological polar surface area (TPSA) is 0 Å². The van der Waals surface area contributed by atoms with E-state index in [0.717, 1.165) is 17.7 Å². The summed E-state index contributed by atoms with van der Waals surface area (Å²) in [5.41, 5.74) is 0.953. The fourth-order valence-electron chi connectivity index (χ4n) is 1.02. The molecule has 1 aromatic carbocycles. The number of aryl methyl sites for hydroxylation is 1. The number of rotatable bonds is 1. The summed E-state index contributed by atoms with van der Waals surface area (Å²) in [5.74, 6) is 0. The van der Waals surface area contributed by atoms with Gasteiger partial charge in [0.15, 0.2) is 0 Å². The maximum absolute atomic E-state index is 12.2. The summed E-state index contributed by atoms with van der Waals surface area (Å²) in [6, 6.07) is 3.76. The average Bonchev–Trinajstić information content (AvgIpc) is 2.02. The van der Waals surface area contributed by atoms with Crippen LogP contribution in [0.3, 0.4) is 0 Å². The maximum Gasteiger partial charge on any atom is 0.416 e. The predicted octanol–water partition coefficient (Wildman–Crippen LogP) is 3.91. The first-order valence-electron chi connectivity index (χ1n) is 3.68. The van der Waals surface area contributed by atoms with Gasteiger partial charge in [0.25, 0.3) is 0 Å². The van der Waals surface area contributed by atoms with Crippen molar-refractivity contribution in [1.29, 1.82) is 0 Å². The van der Waals surface area contributed by atoms with Crippen molar-refractivity contribution in [3.8, 4) is 0 Å². The van der Waals surface area contributed by atoms with Crippen LogP contribution >= 0.6 is 15.9 Å². The first-order chi connectivity index (χ1) is 5.95. The van der Waals surface area contributed by atoms with Crippen molar-refractivity contribution in [2.75, 3.05) is 0 Å². The molecule has 0 heterocycles. The second-order valence-corrected chi connectivity index (χ2v) is 3.33. The van der Waals surface area contributed by atoms with Gasteiger partial charge in [-0.05, 0) is 30.2 Å². The molecule has 0 bridgehead atoms. The van der Waals surface area contributed by atoms with Gasteiger partial charge in [-0.25, -0.2) is 0 Å². The van der Waals surface area contributed by atoms with Gasteiger partial charge in [-0.15, -0.1) is 0 Å². The van der Waals surface area contributed by atoms with E-state index in [1.54, 1.807) is 6.92 Å². The lowest BCUT2D eigenvalue weighted by Crippen LogP contribution is -2.05. The number of halogens is 4. The lowest BCUT2D eigenvalue weighted by Gasteiger charge is -2.09. The van der Waals surface area contributed by atoms with Crippen LogP contribution in [0.15, 0.2) is 18.2 Å². The van der Waals surface area contributed by atoms with E-state index in [2.05, 4.69) is 15.9 Å². The summed E-state index contributed by atoms with van der Waals surface area (Å²) in [4.78, 5) is 0. The van der Waals surface area contributed by atoms with E-state index < -0.39 is 11.7 Å². The van der Waals surface area contributed by atoms with E-state index in [4.69, 9.17) is 0 Å². The van der Waals surface area contributed by atoms with Gasteiger partial charge in [0, 0.05) is 5.33 Å². The fraction of sp³-hybridized carbons (Fsp3) is 0.333. The van der Waals surface area contributed by atoms with E-state index in [9.17, 15) is 13.2 Å². The summed E-state index contributed by atoms with van der Waals surface area (Å²) in [6.07, 6.45) is -4.24. The largest absolute Gasteiger partial charge is 0.416 e. The monoisotopic (exact) mass is 252 g/mol. The van der Waals surface area contributed by atoms with Gasteiger partial charge in [0.1, 0.15) is 0 Å². The average molecular weight is 253 g/mol. The molecule has 0 aliphatic heterocycles. The zero-order valence-electron chi connectivity index (χ0n) is 6.95. The third-order valence-electron chi connectivity index (χ3n) is 1.81. The van der Waals surface area contributed by atoms with Gasteiger partial charge in [0.2, 0.25) is 0 Å². The zero-order valence-corrected chi connectivity index (χ0v) is 8.54. The van der Waals surface area contributed by atoms with Gasteiger partial charge in [-0.3, -0.25) is 0 Å². The molecule has 0 saturated heterocycles. The molecule has 0 atom stereocenters. The molecule has 0 unspecified atom stereocenters. The predicted molar refractivity (Wildman–Crippen MR) is 48.8 cm³/mol. The highest BCUT2D eigenvalue weighted by atomic mass is 79.9. The van der Waals surface area contributed by atoms with Crippen LogP contribution in [-0.2, 0) is 11.5 Å². The second-order valence-electron chi connectivity index (χ2n) is 2.77. The first kappa shape index (κ1) is 10.6. The Morgan fingerprint density at radius 3 is 2.31 bits per heavy atom. The van der Waals surface area contributed by atoms with Crippen molar-refractivity contribution in [1.82, 2.24) is 0 Å². The molecule has 0 fully saturated rings. The lowest BCUT2D eigenvalue weighted by atomic mass is 10.1. The highest BCUT2D eigenvalue weighted by Gasteiger charge is 2.30. The molecule has 13 heavy (non-hydrogen) atoms. The molecule has 0 N–H and O–H groups in total. The van der Waals surface area contributed by atoms with Crippen LogP contribution in [0.1, 0.15) is 16.7 Å². The van der Waals surface area contributed by atoms with Crippen LogP contribution in [0.2, 0.25) is 0 Å². The molecule has 0 aliphatic carbocycles. The Hall–Kier alpha value is -0.510. The van der Waals surface area contributed by atoms with Gasteiger partial charge in [0.05, 0.1) is 5.56 Å². The molecule has 0 saturated carbocycles. The van der Waals surface area contributed by atoms with Crippen LogP contribution < -0.4 is 0 Å². The van der Waals surface area contributed by atoms with Crippen LogP contribution in [0.4, 0.5) is 13.2 Å². The van der Waals surface area contributed by atoms with E-state index in [0.29, 0.717) is 10.9 Å². The van der Waals surface area contributed by atoms with Crippen molar-refractivity contribution in [3.63, 3.8) is 0 Å². The Bertz CT molecular complexity index is 304. The van der Waals surface area contributed by atoms with Gasteiger partial charge >= 0.3 is 6.18 Å². The van der Waals surface area contributed by atoms with E-state index in [1.165, 1.54) is 6.07 Å². The highest BCUT2D eigenvalue weighted by Crippen LogP contribution is 2.30. The summed E-state index contributed by atoms with van der Waals surface area (Å²) in [6.45, 7) is 1.67. The van der Waals surface area contributed by atoms with E-state index in [-0.39, 0.29) is 0 Å². The lowest BCUT2D eigenvalue weighted by molar-refractivity contribution is -0.137. The molecule has 0 nitrogen and oxygen atoms in total. The van der Waals surface area contributed by atoms with Crippen LogP contribution in [0.5, 0.6) is 0 Å². The van der Waals surface area contributed by atoms with Crippen LogP contribution in [-0.4, -0.2) is 0 Å². The minimum atomic E-state index is -4.24. The van der Waals surface area contributed by atoms with Crippen LogP contribution in [0, 0.1) is 6.92 Å².